The van der Waals surface area contributed by atoms with Gasteiger partial charge in [0.15, 0.2) is 5.75 Å². The highest BCUT2D eigenvalue weighted by Gasteiger charge is 2.22. The molecule has 1 aliphatic heterocycles. The van der Waals surface area contributed by atoms with Crippen LogP contribution in [0.25, 0.3) is 0 Å². The summed E-state index contributed by atoms with van der Waals surface area (Å²) in [5.41, 5.74) is -0.689. The molecule has 20 heavy (non-hydrogen) atoms. The van der Waals surface area contributed by atoms with Crippen molar-refractivity contribution in [3.8, 4) is 5.75 Å². The monoisotopic (exact) mass is 281 g/mol. The number of nitrogens with zero attached hydrogens (tertiary/aromatic N) is 2. The van der Waals surface area contributed by atoms with E-state index in [1.165, 1.54) is 12.1 Å². The van der Waals surface area contributed by atoms with Crippen molar-refractivity contribution in [2.45, 2.75) is 12.8 Å². The van der Waals surface area contributed by atoms with Gasteiger partial charge in [-0.3, -0.25) is 20.2 Å². The van der Waals surface area contributed by atoms with Gasteiger partial charge in [0.1, 0.15) is 0 Å². The molecule has 0 bridgehead atoms. The van der Waals surface area contributed by atoms with E-state index in [0.29, 0.717) is 12.5 Å². The molecule has 2 rings (SSSR count). The lowest BCUT2D eigenvalue weighted by atomic mass is 10.0. The molecule has 1 N–H and O–H groups in total. The average Bonchev–Trinajstić information content (AvgIpc) is 2.45. The Kier molecular flexibility index (Phi) is 4.46. The van der Waals surface area contributed by atoms with Crippen LogP contribution in [0.2, 0.25) is 0 Å². The standard InChI is InChI=1S/C12H15N3O5/c16-14(17)10-3-4-12(11(6-10)15(18)19)20-8-9-2-1-5-13-7-9/h3-4,6,9,13H,1-2,5,7-8H2. The summed E-state index contributed by atoms with van der Waals surface area (Å²) >= 11 is 0. The fourth-order valence-electron chi connectivity index (χ4n) is 2.16. The second-order valence-corrected chi connectivity index (χ2v) is 4.69. The molecule has 1 saturated heterocycles. The molecule has 1 fully saturated rings. The molecule has 0 aromatic heterocycles. The molecule has 1 aromatic carbocycles. The van der Waals surface area contributed by atoms with Crippen LogP contribution in [0.3, 0.4) is 0 Å². The van der Waals surface area contributed by atoms with Gasteiger partial charge in [-0.1, -0.05) is 0 Å². The summed E-state index contributed by atoms with van der Waals surface area (Å²) in [6.07, 6.45) is 2.06. The molecule has 1 aliphatic rings. The van der Waals surface area contributed by atoms with Crippen LogP contribution in [0.1, 0.15) is 12.8 Å². The number of non-ortho nitro benzene ring substituents is 1. The van der Waals surface area contributed by atoms with Gasteiger partial charge < -0.3 is 10.1 Å². The Balaban J connectivity index is 2.09. The van der Waals surface area contributed by atoms with Gasteiger partial charge >= 0.3 is 5.69 Å². The second kappa shape index (κ2) is 6.29. The molecular formula is C12H15N3O5. The van der Waals surface area contributed by atoms with Crippen LogP contribution < -0.4 is 10.1 Å². The normalized spacial score (nSPS) is 18.5. The smallest absolute Gasteiger partial charge is 0.317 e. The number of nitro groups is 2. The molecule has 8 heteroatoms. The summed E-state index contributed by atoms with van der Waals surface area (Å²) in [6, 6.07) is 3.42. The molecule has 1 atom stereocenters. The first-order valence-electron chi connectivity index (χ1n) is 6.34. The van der Waals surface area contributed by atoms with Crippen LogP contribution in [0.5, 0.6) is 5.75 Å². The zero-order valence-electron chi connectivity index (χ0n) is 10.8. The van der Waals surface area contributed by atoms with Crippen molar-refractivity contribution in [3.63, 3.8) is 0 Å². The zero-order chi connectivity index (χ0) is 14.5. The van der Waals surface area contributed by atoms with Crippen LogP contribution in [0.15, 0.2) is 18.2 Å². The van der Waals surface area contributed by atoms with E-state index in [2.05, 4.69) is 5.32 Å². The molecule has 0 radical (unpaired) electrons. The summed E-state index contributed by atoms with van der Waals surface area (Å²) < 4.78 is 5.47. The quantitative estimate of drug-likeness (QED) is 0.652. The van der Waals surface area contributed by atoms with Gasteiger partial charge in [-0.25, -0.2) is 0 Å². The number of rotatable bonds is 5. The molecule has 1 unspecified atom stereocenters. The summed E-state index contributed by atoms with van der Waals surface area (Å²) in [5, 5.41) is 24.8. The summed E-state index contributed by atoms with van der Waals surface area (Å²) in [6.45, 7) is 2.17. The number of hydrogen-bond acceptors (Lipinski definition) is 6. The Morgan fingerprint density at radius 3 is 2.70 bits per heavy atom. The number of nitrogens with one attached hydrogen (secondary N) is 1. The van der Waals surface area contributed by atoms with Crippen LogP contribution in [0.4, 0.5) is 11.4 Å². The van der Waals surface area contributed by atoms with E-state index in [9.17, 15) is 20.2 Å². The van der Waals surface area contributed by atoms with E-state index in [-0.39, 0.29) is 17.1 Å². The first-order valence-corrected chi connectivity index (χ1v) is 6.34. The van der Waals surface area contributed by atoms with Gasteiger partial charge in [0, 0.05) is 18.5 Å². The molecule has 0 aliphatic carbocycles. The highest BCUT2D eigenvalue weighted by Crippen LogP contribution is 2.31. The minimum atomic E-state index is -0.665. The highest BCUT2D eigenvalue weighted by atomic mass is 16.6. The highest BCUT2D eigenvalue weighted by molar-refractivity contribution is 5.53. The van der Waals surface area contributed by atoms with Gasteiger partial charge in [0.05, 0.1) is 22.5 Å². The van der Waals surface area contributed by atoms with E-state index in [0.717, 1.165) is 32.0 Å². The summed E-state index contributed by atoms with van der Waals surface area (Å²) in [5.74, 6) is 0.379. The number of benzene rings is 1. The van der Waals surface area contributed by atoms with E-state index < -0.39 is 9.85 Å². The van der Waals surface area contributed by atoms with E-state index >= 15 is 0 Å². The minimum absolute atomic E-state index is 0.0752. The summed E-state index contributed by atoms with van der Waals surface area (Å²) in [4.78, 5) is 20.2. The van der Waals surface area contributed by atoms with Gasteiger partial charge in [0.25, 0.3) is 5.69 Å². The largest absolute Gasteiger partial charge is 0.486 e. The minimum Gasteiger partial charge on any atom is -0.486 e. The van der Waals surface area contributed by atoms with E-state index in [1.54, 1.807) is 0 Å². The first-order chi connectivity index (χ1) is 9.58. The second-order valence-electron chi connectivity index (χ2n) is 4.69. The van der Waals surface area contributed by atoms with Crippen molar-refractivity contribution in [2.24, 2.45) is 5.92 Å². The van der Waals surface area contributed by atoms with Crippen molar-refractivity contribution in [2.75, 3.05) is 19.7 Å². The third kappa shape index (κ3) is 3.41. The SMILES string of the molecule is O=[N+]([O-])c1ccc(OCC2CCCNC2)c([N+](=O)[O-])c1. The zero-order valence-corrected chi connectivity index (χ0v) is 10.8. The first kappa shape index (κ1) is 14.2. The Bertz CT molecular complexity index is 514. The molecule has 0 saturated carbocycles. The number of nitro benzene ring substituents is 2. The Labute approximate surface area is 115 Å². The molecule has 108 valence electrons. The molecule has 0 amide bonds. The molecular weight excluding hydrogens is 266 g/mol. The van der Waals surface area contributed by atoms with Crippen molar-refractivity contribution in [1.29, 1.82) is 0 Å². The number of piperidine rings is 1. The van der Waals surface area contributed by atoms with Crippen LogP contribution >= 0.6 is 0 Å². The molecule has 0 spiro atoms. The van der Waals surface area contributed by atoms with Crippen molar-refractivity contribution in [1.82, 2.24) is 5.32 Å². The maximum atomic E-state index is 10.9. The van der Waals surface area contributed by atoms with Crippen LogP contribution in [-0.4, -0.2) is 29.5 Å². The lowest BCUT2D eigenvalue weighted by molar-refractivity contribution is -0.394. The van der Waals surface area contributed by atoms with Crippen LogP contribution in [-0.2, 0) is 0 Å². The van der Waals surface area contributed by atoms with Crippen LogP contribution in [0, 0.1) is 26.1 Å². The molecule has 8 nitrogen and oxygen atoms in total. The number of ether oxygens (including phenoxy) is 1. The Morgan fingerprint density at radius 2 is 2.10 bits per heavy atom. The van der Waals surface area contributed by atoms with Gasteiger partial charge in [-0.05, 0) is 25.5 Å². The summed E-state index contributed by atoms with van der Waals surface area (Å²) in [7, 11) is 0. The van der Waals surface area contributed by atoms with E-state index in [1.807, 2.05) is 0 Å². The topological polar surface area (TPSA) is 108 Å². The lowest BCUT2D eigenvalue weighted by Gasteiger charge is -2.22. The Morgan fingerprint density at radius 1 is 1.30 bits per heavy atom. The third-order valence-corrected chi connectivity index (χ3v) is 3.22. The maximum absolute atomic E-state index is 10.9. The fraction of sp³-hybridized carbons (Fsp3) is 0.500. The van der Waals surface area contributed by atoms with Gasteiger partial charge in [0.2, 0.25) is 0 Å². The third-order valence-electron chi connectivity index (χ3n) is 3.22. The average molecular weight is 281 g/mol. The van der Waals surface area contributed by atoms with Gasteiger partial charge in [-0.15, -0.1) is 0 Å². The maximum Gasteiger partial charge on any atom is 0.317 e. The van der Waals surface area contributed by atoms with Crippen molar-refractivity contribution < 1.29 is 14.6 Å². The lowest BCUT2D eigenvalue weighted by Crippen LogP contribution is -2.33. The molecule has 1 aromatic rings. The van der Waals surface area contributed by atoms with Gasteiger partial charge in [-0.2, -0.15) is 0 Å². The predicted octanol–water partition coefficient (Wildman–Crippen LogP) is 1.88. The fourth-order valence-corrected chi connectivity index (χ4v) is 2.16. The number of hydrogen-bond donors (Lipinski definition) is 1. The van der Waals surface area contributed by atoms with Crippen molar-refractivity contribution in [3.05, 3.63) is 38.4 Å². The molecule has 1 heterocycles. The van der Waals surface area contributed by atoms with E-state index in [4.69, 9.17) is 4.74 Å². The Hall–Kier alpha value is -2.22. The van der Waals surface area contributed by atoms with Crippen molar-refractivity contribution >= 4 is 11.4 Å². The predicted molar refractivity (Wildman–Crippen MR) is 70.8 cm³/mol.